The molecule has 0 bridgehead atoms. The first-order valence-corrected chi connectivity index (χ1v) is 16.7. The van der Waals surface area contributed by atoms with E-state index < -0.39 is 31.8 Å². The summed E-state index contributed by atoms with van der Waals surface area (Å²) >= 11 is 6.05. The minimum absolute atomic E-state index is 0.0105. The van der Waals surface area contributed by atoms with Gasteiger partial charge in [-0.15, -0.1) is 0 Å². The van der Waals surface area contributed by atoms with Gasteiger partial charge in [0.1, 0.15) is 18.5 Å². The predicted molar refractivity (Wildman–Crippen MR) is 156 cm³/mol. The highest BCUT2D eigenvalue weighted by atomic mass is 35.5. The quantitative estimate of drug-likeness (QED) is 0.314. The largest absolute Gasteiger partial charge is 0.491 e. The molecule has 41 heavy (non-hydrogen) atoms. The van der Waals surface area contributed by atoms with Crippen LogP contribution in [0.25, 0.3) is 10.8 Å². The van der Waals surface area contributed by atoms with Crippen LogP contribution in [0, 0.1) is 0 Å². The zero-order valence-corrected chi connectivity index (χ0v) is 25.0. The number of hydrogen-bond acceptors (Lipinski definition) is 8. The van der Waals surface area contributed by atoms with Gasteiger partial charge in [0.15, 0.2) is 0 Å². The van der Waals surface area contributed by atoms with E-state index in [1.807, 2.05) is 12.1 Å². The second-order valence-corrected chi connectivity index (χ2v) is 14.8. The standard InChI is InChI=1S/C28H34ClN3O7S2/c1-30-40(34,35)26-4-2-3-25(15-26)38-19-24(33)17-31-23-16-28(39-18-23)9-11-32(12-10-28)41(36,37)27-8-6-20-13-22(29)7-5-21(20)14-27/h2-8,13-15,23-24,30-31,33H,9-12,16-19H2,1H3. The monoisotopic (exact) mass is 623 g/mol. The van der Waals surface area contributed by atoms with Gasteiger partial charge >= 0.3 is 0 Å². The van der Waals surface area contributed by atoms with Crippen molar-refractivity contribution in [1.29, 1.82) is 0 Å². The zero-order chi connectivity index (χ0) is 29.3. The maximum Gasteiger partial charge on any atom is 0.243 e. The topological polar surface area (TPSA) is 134 Å². The van der Waals surface area contributed by atoms with E-state index in [0.717, 1.165) is 17.2 Å². The maximum absolute atomic E-state index is 13.4. The molecule has 222 valence electrons. The van der Waals surface area contributed by atoms with Crippen LogP contribution in [0.1, 0.15) is 19.3 Å². The average Bonchev–Trinajstić information content (AvgIpc) is 3.37. The maximum atomic E-state index is 13.4. The number of halogens is 1. The number of rotatable bonds is 10. The Hall–Kier alpha value is -2.29. The first-order valence-electron chi connectivity index (χ1n) is 13.4. The summed E-state index contributed by atoms with van der Waals surface area (Å²) in [7, 11) is -5.89. The van der Waals surface area contributed by atoms with E-state index in [-0.39, 0.29) is 29.0 Å². The van der Waals surface area contributed by atoms with Crippen molar-refractivity contribution in [2.45, 2.75) is 46.8 Å². The van der Waals surface area contributed by atoms with Gasteiger partial charge in [-0.25, -0.2) is 21.6 Å². The molecule has 2 atom stereocenters. The minimum atomic E-state index is -3.64. The van der Waals surface area contributed by atoms with Crippen molar-refractivity contribution < 1.29 is 31.4 Å². The van der Waals surface area contributed by atoms with E-state index in [1.165, 1.54) is 23.5 Å². The Labute approximate surface area is 245 Å². The summed E-state index contributed by atoms with van der Waals surface area (Å²) in [5.74, 6) is 0.346. The molecule has 2 heterocycles. The average molecular weight is 624 g/mol. The predicted octanol–water partition coefficient (Wildman–Crippen LogP) is 2.74. The van der Waals surface area contributed by atoms with Gasteiger partial charge in [-0.2, -0.15) is 4.31 Å². The van der Waals surface area contributed by atoms with Gasteiger partial charge in [0.2, 0.25) is 20.0 Å². The van der Waals surface area contributed by atoms with Crippen molar-refractivity contribution in [3.8, 4) is 5.75 Å². The second-order valence-electron chi connectivity index (χ2n) is 10.5. The third-order valence-corrected chi connectivity index (χ3v) is 11.3. The molecule has 0 aliphatic carbocycles. The van der Waals surface area contributed by atoms with E-state index in [9.17, 15) is 21.9 Å². The highest BCUT2D eigenvalue weighted by Gasteiger charge is 2.44. The lowest BCUT2D eigenvalue weighted by atomic mass is 9.88. The SMILES string of the molecule is CNS(=O)(=O)c1cccc(OCC(O)CNC2COC3(CCN(S(=O)(=O)c4ccc5cc(Cl)ccc5c4)CC3)C2)c1. The number of hydrogen-bond donors (Lipinski definition) is 3. The minimum Gasteiger partial charge on any atom is -0.491 e. The van der Waals surface area contributed by atoms with Gasteiger partial charge < -0.3 is 19.9 Å². The number of nitrogens with zero attached hydrogens (tertiary/aromatic N) is 1. The van der Waals surface area contributed by atoms with Crippen LogP contribution in [0.2, 0.25) is 5.02 Å². The summed E-state index contributed by atoms with van der Waals surface area (Å²) in [6.45, 7) is 1.46. The number of nitrogens with one attached hydrogen (secondary N) is 2. The highest BCUT2D eigenvalue weighted by molar-refractivity contribution is 7.89. The Morgan fingerprint density at radius 3 is 2.54 bits per heavy atom. The first kappa shape index (κ1) is 30.2. The van der Waals surface area contributed by atoms with Crippen molar-refractivity contribution in [2.24, 2.45) is 0 Å². The van der Waals surface area contributed by atoms with Gasteiger partial charge in [0, 0.05) is 36.8 Å². The normalized spacial score (nSPS) is 20.4. The molecule has 0 radical (unpaired) electrons. The van der Waals surface area contributed by atoms with Crippen LogP contribution in [0.4, 0.5) is 0 Å². The third kappa shape index (κ3) is 6.86. The summed E-state index contributed by atoms with van der Waals surface area (Å²) in [6, 6.07) is 16.6. The molecule has 0 aromatic heterocycles. The van der Waals surface area contributed by atoms with Crippen LogP contribution >= 0.6 is 11.6 Å². The molecule has 0 saturated carbocycles. The number of fused-ring (bicyclic) bond motifs is 1. The Morgan fingerprint density at radius 2 is 1.78 bits per heavy atom. The number of sulfonamides is 2. The van der Waals surface area contributed by atoms with Crippen LogP contribution in [0.3, 0.4) is 0 Å². The lowest BCUT2D eigenvalue weighted by Crippen LogP contribution is -2.47. The molecular weight excluding hydrogens is 590 g/mol. The summed E-state index contributed by atoms with van der Waals surface area (Å²) in [5.41, 5.74) is -0.398. The number of aliphatic hydroxyl groups excluding tert-OH is 1. The molecule has 3 aromatic carbocycles. The van der Waals surface area contributed by atoms with Gasteiger partial charge in [-0.1, -0.05) is 29.8 Å². The van der Waals surface area contributed by atoms with Gasteiger partial charge in [-0.05, 0) is 73.5 Å². The molecule has 13 heteroatoms. The molecule has 2 saturated heterocycles. The molecule has 3 aromatic rings. The van der Waals surface area contributed by atoms with Crippen molar-refractivity contribution in [3.63, 3.8) is 0 Å². The molecule has 0 amide bonds. The Morgan fingerprint density at radius 1 is 1.05 bits per heavy atom. The summed E-state index contributed by atoms with van der Waals surface area (Å²) in [5, 5.41) is 16.1. The third-order valence-electron chi connectivity index (χ3n) is 7.72. The molecular formula is C28H34ClN3O7S2. The molecule has 3 N–H and O–H groups in total. The van der Waals surface area contributed by atoms with Gasteiger partial charge in [-0.3, -0.25) is 0 Å². The summed E-state index contributed by atoms with van der Waals surface area (Å²) < 4.78 is 66.2. The molecule has 1 spiro atoms. The Balaban J connectivity index is 1.10. The van der Waals surface area contributed by atoms with Crippen molar-refractivity contribution in [3.05, 3.63) is 65.7 Å². The lowest BCUT2D eigenvalue weighted by molar-refractivity contribution is -0.0312. The van der Waals surface area contributed by atoms with E-state index in [2.05, 4.69) is 10.0 Å². The number of ether oxygens (including phenoxy) is 2. The first-order chi connectivity index (χ1) is 19.5. The summed E-state index contributed by atoms with van der Waals surface area (Å²) in [4.78, 5) is 0.349. The molecule has 5 rings (SSSR count). The zero-order valence-electron chi connectivity index (χ0n) is 22.6. The fraction of sp³-hybridized carbons (Fsp3) is 0.429. The summed E-state index contributed by atoms with van der Waals surface area (Å²) in [6.07, 6.45) is 1.08. The van der Waals surface area contributed by atoms with Crippen LogP contribution < -0.4 is 14.8 Å². The van der Waals surface area contributed by atoms with Crippen LogP contribution in [0.5, 0.6) is 5.75 Å². The Bertz CT molecular complexity index is 1610. The number of aliphatic hydroxyl groups is 1. The fourth-order valence-electron chi connectivity index (χ4n) is 5.37. The molecule has 10 nitrogen and oxygen atoms in total. The highest BCUT2D eigenvalue weighted by Crippen LogP contribution is 2.37. The van der Waals surface area contributed by atoms with Gasteiger partial charge in [0.25, 0.3) is 0 Å². The van der Waals surface area contributed by atoms with E-state index in [1.54, 1.807) is 36.4 Å². The van der Waals surface area contributed by atoms with E-state index in [4.69, 9.17) is 21.1 Å². The molecule has 2 fully saturated rings. The van der Waals surface area contributed by atoms with E-state index >= 15 is 0 Å². The van der Waals surface area contributed by atoms with Crippen molar-refractivity contribution in [2.75, 3.05) is 39.9 Å². The number of piperidine rings is 1. The lowest BCUT2D eigenvalue weighted by Gasteiger charge is -2.38. The van der Waals surface area contributed by atoms with Crippen molar-refractivity contribution >= 4 is 42.4 Å². The smallest absolute Gasteiger partial charge is 0.243 e. The Kier molecular flexibility index (Phi) is 8.93. The van der Waals surface area contributed by atoms with Crippen LogP contribution in [0.15, 0.2) is 70.5 Å². The fourth-order valence-corrected chi connectivity index (χ4v) is 7.79. The van der Waals surface area contributed by atoms with Crippen LogP contribution in [-0.2, 0) is 24.8 Å². The number of benzene rings is 3. The molecule has 2 aliphatic rings. The molecule has 2 aliphatic heterocycles. The van der Waals surface area contributed by atoms with E-state index in [0.29, 0.717) is 43.3 Å². The van der Waals surface area contributed by atoms with Gasteiger partial charge in [0.05, 0.1) is 22.0 Å². The second kappa shape index (κ2) is 12.1. The molecule has 2 unspecified atom stereocenters. The van der Waals surface area contributed by atoms with Crippen LogP contribution in [-0.4, -0.2) is 83.9 Å². The van der Waals surface area contributed by atoms with Crippen molar-refractivity contribution in [1.82, 2.24) is 14.3 Å².